The Morgan fingerprint density at radius 3 is 2.60 bits per heavy atom. The minimum atomic E-state index is -0.192. The van der Waals surface area contributed by atoms with Crippen LogP contribution in [-0.4, -0.2) is 6.54 Å². The van der Waals surface area contributed by atoms with Gasteiger partial charge in [-0.3, -0.25) is 0 Å². The summed E-state index contributed by atoms with van der Waals surface area (Å²) in [4.78, 5) is 0. The highest BCUT2D eigenvalue weighted by Crippen LogP contribution is 2.36. The fourth-order valence-electron chi connectivity index (χ4n) is 2.19. The molecule has 0 spiro atoms. The van der Waals surface area contributed by atoms with Gasteiger partial charge < -0.3 is 5.73 Å². The van der Waals surface area contributed by atoms with Gasteiger partial charge in [0.2, 0.25) is 0 Å². The molecule has 3 heteroatoms. The SMILES string of the molecule is NCC1CCC1Cc1ccc(F)c(Br)c1. The lowest BCUT2D eigenvalue weighted by atomic mass is 9.71. The van der Waals surface area contributed by atoms with Gasteiger partial charge in [-0.05, 0) is 71.3 Å². The molecule has 0 heterocycles. The predicted octanol–water partition coefficient (Wildman–Crippen LogP) is 3.12. The number of benzene rings is 1. The first kappa shape index (κ1) is 11.1. The third-order valence-corrected chi connectivity index (χ3v) is 3.97. The van der Waals surface area contributed by atoms with E-state index >= 15 is 0 Å². The molecule has 1 aliphatic carbocycles. The van der Waals surface area contributed by atoms with Gasteiger partial charge in [0.25, 0.3) is 0 Å². The van der Waals surface area contributed by atoms with Crippen LogP contribution in [0.1, 0.15) is 18.4 Å². The second kappa shape index (κ2) is 4.62. The fourth-order valence-corrected chi connectivity index (χ4v) is 2.61. The van der Waals surface area contributed by atoms with Crippen molar-refractivity contribution in [2.75, 3.05) is 6.54 Å². The molecule has 0 radical (unpaired) electrons. The third-order valence-electron chi connectivity index (χ3n) is 3.36. The molecule has 0 aromatic heterocycles. The van der Waals surface area contributed by atoms with Crippen molar-refractivity contribution < 1.29 is 4.39 Å². The van der Waals surface area contributed by atoms with Crippen molar-refractivity contribution in [2.24, 2.45) is 17.6 Å². The molecule has 1 saturated carbocycles. The molecule has 2 rings (SSSR count). The molecule has 82 valence electrons. The van der Waals surface area contributed by atoms with Crippen LogP contribution in [0.2, 0.25) is 0 Å². The Hall–Kier alpha value is -0.410. The van der Waals surface area contributed by atoms with E-state index < -0.39 is 0 Å². The largest absolute Gasteiger partial charge is 0.330 e. The first-order valence-corrected chi connectivity index (χ1v) is 6.14. The molecule has 1 aromatic carbocycles. The van der Waals surface area contributed by atoms with Crippen molar-refractivity contribution in [1.29, 1.82) is 0 Å². The van der Waals surface area contributed by atoms with E-state index in [1.807, 2.05) is 12.1 Å². The van der Waals surface area contributed by atoms with E-state index in [-0.39, 0.29) is 5.82 Å². The van der Waals surface area contributed by atoms with E-state index in [1.165, 1.54) is 24.5 Å². The van der Waals surface area contributed by atoms with Crippen LogP contribution in [0.15, 0.2) is 22.7 Å². The maximum Gasteiger partial charge on any atom is 0.137 e. The minimum absolute atomic E-state index is 0.192. The lowest BCUT2D eigenvalue weighted by Crippen LogP contribution is -2.33. The van der Waals surface area contributed by atoms with Crippen LogP contribution in [0, 0.1) is 17.7 Å². The zero-order valence-electron chi connectivity index (χ0n) is 8.55. The molecule has 2 unspecified atom stereocenters. The quantitative estimate of drug-likeness (QED) is 0.898. The average Bonchev–Trinajstić information content (AvgIpc) is 2.19. The van der Waals surface area contributed by atoms with Gasteiger partial charge in [0.05, 0.1) is 4.47 Å². The second-order valence-corrected chi connectivity index (χ2v) is 5.14. The van der Waals surface area contributed by atoms with E-state index in [9.17, 15) is 4.39 Å². The summed E-state index contributed by atoms with van der Waals surface area (Å²) in [7, 11) is 0. The Labute approximate surface area is 98.0 Å². The third kappa shape index (κ3) is 2.40. The van der Waals surface area contributed by atoms with Gasteiger partial charge in [-0.1, -0.05) is 6.07 Å². The fraction of sp³-hybridized carbons (Fsp3) is 0.500. The van der Waals surface area contributed by atoms with E-state index in [2.05, 4.69) is 15.9 Å². The van der Waals surface area contributed by atoms with Crippen molar-refractivity contribution in [3.05, 3.63) is 34.1 Å². The number of nitrogens with two attached hydrogens (primary N) is 1. The van der Waals surface area contributed by atoms with Gasteiger partial charge in [-0.15, -0.1) is 0 Å². The maximum atomic E-state index is 13.0. The van der Waals surface area contributed by atoms with Crippen molar-refractivity contribution in [2.45, 2.75) is 19.3 Å². The highest BCUT2D eigenvalue weighted by Gasteiger charge is 2.29. The summed E-state index contributed by atoms with van der Waals surface area (Å²) in [5.74, 6) is 1.18. The van der Waals surface area contributed by atoms with Crippen LogP contribution in [0.25, 0.3) is 0 Å². The van der Waals surface area contributed by atoms with Gasteiger partial charge in [0.1, 0.15) is 5.82 Å². The van der Waals surface area contributed by atoms with Gasteiger partial charge >= 0.3 is 0 Å². The Kier molecular flexibility index (Phi) is 3.42. The van der Waals surface area contributed by atoms with Gasteiger partial charge in [0.15, 0.2) is 0 Å². The maximum absolute atomic E-state index is 13.0. The first-order chi connectivity index (χ1) is 7.20. The standard InChI is InChI=1S/C12H15BrFN/c13-11-6-8(1-4-12(11)14)5-9-2-3-10(9)7-15/h1,4,6,9-10H,2-3,5,7,15H2. The molecule has 2 atom stereocenters. The zero-order valence-corrected chi connectivity index (χ0v) is 10.1. The molecule has 1 aromatic rings. The molecule has 1 fully saturated rings. The number of hydrogen-bond acceptors (Lipinski definition) is 1. The van der Waals surface area contributed by atoms with E-state index in [4.69, 9.17) is 5.73 Å². The Morgan fingerprint density at radius 2 is 2.07 bits per heavy atom. The summed E-state index contributed by atoms with van der Waals surface area (Å²) >= 11 is 3.21. The Bertz CT molecular complexity index is 351. The van der Waals surface area contributed by atoms with Gasteiger partial charge in [-0.2, -0.15) is 0 Å². The highest BCUT2D eigenvalue weighted by atomic mass is 79.9. The molecule has 1 nitrogen and oxygen atoms in total. The van der Waals surface area contributed by atoms with Crippen molar-refractivity contribution in [1.82, 2.24) is 0 Å². The summed E-state index contributed by atoms with van der Waals surface area (Å²) in [6, 6.07) is 5.27. The second-order valence-electron chi connectivity index (χ2n) is 4.29. The molecule has 0 aliphatic heterocycles. The van der Waals surface area contributed by atoms with Crippen LogP contribution in [0.4, 0.5) is 4.39 Å². The number of halogens is 2. The molecule has 0 amide bonds. The van der Waals surface area contributed by atoms with Crippen molar-refractivity contribution in [3.8, 4) is 0 Å². The first-order valence-electron chi connectivity index (χ1n) is 5.34. The predicted molar refractivity (Wildman–Crippen MR) is 63.1 cm³/mol. The van der Waals surface area contributed by atoms with E-state index in [1.54, 1.807) is 0 Å². The smallest absolute Gasteiger partial charge is 0.137 e. The van der Waals surface area contributed by atoms with E-state index in [0.29, 0.717) is 16.3 Å². The number of hydrogen-bond donors (Lipinski definition) is 1. The molecular formula is C12H15BrFN. The molecule has 0 saturated heterocycles. The lowest BCUT2D eigenvalue weighted by molar-refractivity contribution is 0.183. The Morgan fingerprint density at radius 1 is 1.33 bits per heavy atom. The Balaban J connectivity index is 2.02. The van der Waals surface area contributed by atoms with Crippen molar-refractivity contribution in [3.63, 3.8) is 0 Å². The molecule has 1 aliphatic rings. The van der Waals surface area contributed by atoms with Crippen LogP contribution >= 0.6 is 15.9 Å². The lowest BCUT2D eigenvalue weighted by Gasteiger charge is -2.36. The molecule has 0 bridgehead atoms. The van der Waals surface area contributed by atoms with Gasteiger partial charge in [-0.25, -0.2) is 4.39 Å². The normalized spacial score (nSPS) is 25.0. The summed E-state index contributed by atoms with van der Waals surface area (Å²) in [5.41, 5.74) is 6.86. The van der Waals surface area contributed by atoms with Crippen LogP contribution in [-0.2, 0) is 6.42 Å². The average molecular weight is 272 g/mol. The van der Waals surface area contributed by atoms with E-state index in [0.717, 1.165) is 13.0 Å². The van der Waals surface area contributed by atoms with Gasteiger partial charge in [0, 0.05) is 0 Å². The van der Waals surface area contributed by atoms with Crippen LogP contribution < -0.4 is 5.73 Å². The summed E-state index contributed by atoms with van der Waals surface area (Å²) in [5, 5.41) is 0. The minimum Gasteiger partial charge on any atom is -0.330 e. The summed E-state index contributed by atoms with van der Waals surface area (Å²) in [6.07, 6.45) is 3.54. The monoisotopic (exact) mass is 271 g/mol. The van der Waals surface area contributed by atoms with Crippen LogP contribution in [0.5, 0.6) is 0 Å². The molecule has 2 N–H and O–H groups in total. The topological polar surface area (TPSA) is 26.0 Å². The van der Waals surface area contributed by atoms with Crippen molar-refractivity contribution >= 4 is 15.9 Å². The highest BCUT2D eigenvalue weighted by molar-refractivity contribution is 9.10. The number of rotatable bonds is 3. The molecular weight excluding hydrogens is 257 g/mol. The molecule has 15 heavy (non-hydrogen) atoms. The summed E-state index contributed by atoms with van der Waals surface area (Å²) < 4.78 is 13.6. The zero-order chi connectivity index (χ0) is 10.8. The van der Waals surface area contributed by atoms with Crippen LogP contribution in [0.3, 0.4) is 0 Å². The summed E-state index contributed by atoms with van der Waals surface area (Å²) in [6.45, 7) is 0.785.